The zero-order chi connectivity index (χ0) is 17.4. The maximum atomic E-state index is 12.5. The molecule has 1 saturated carbocycles. The minimum atomic E-state index is -0.209. The monoisotopic (exact) mass is 357 g/mol. The number of hydrogen-bond donors (Lipinski definition) is 1. The lowest BCUT2D eigenvalue weighted by molar-refractivity contribution is -0.121. The van der Waals surface area contributed by atoms with Crippen molar-refractivity contribution in [3.63, 3.8) is 0 Å². The second-order valence-corrected chi connectivity index (χ2v) is 7.62. The van der Waals surface area contributed by atoms with Crippen molar-refractivity contribution in [3.8, 4) is 0 Å². The molecule has 1 aliphatic carbocycles. The summed E-state index contributed by atoms with van der Waals surface area (Å²) in [5.74, 6) is -0.490. The topological polar surface area (TPSA) is 79.4 Å². The van der Waals surface area contributed by atoms with Gasteiger partial charge in [0.25, 0.3) is 5.91 Å². The van der Waals surface area contributed by atoms with Gasteiger partial charge in [-0.1, -0.05) is 30.6 Å². The van der Waals surface area contributed by atoms with E-state index in [9.17, 15) is 14.4 Å². The molecule has 0 atom stereocenters. The molecule has 1 aromatic carbocycles. The van der Waals surface area contributed by atoms with Gasteiger partial charge in [-0.3, -0.25) is 14.4 Å². The molecule has 0 bridgehead atoms. The smallest absolute Gasteiger partial charge is 0.251 e. The summed E-state index contributed by atoms with van der Waals surface area (Å²) in [6.45, 7) is 0. The highest BCUT2D eigenvalue weighted by Gasteiger charge is 2.32. The molecule has 4 rings (SSSR count). The third-order valence-electron chi connectivity index (χ3n) is 4.82. The highest BCUT2D eigenvalue weighted by atomic mass is 32.1. The van der Waals surface area contributed by atoms with Crippen LogP contribution in [0, 0.1) is 0 Å². The number of nitrogens with zero attached hydrogens (tertiary/aromatic N) is 2. The predicted molar refractivity (Wildman–Crippen MR) is 95.7 cm³/mol. The van der Waals surface area contributed by atoms with Crippen molar-refractivity contribution >= 4 is 44.4 Å². The van der Waals surface area contributed by atoms with Crippen LogP contribution in [0.5, 0.6) is 0 Å². The van der Waals surface area contributed by atoms with Gasteiger partial charge in [0.05, 0.1) is 10.2 Å². The van der Waals surface area contributed by atoms with Crippen molar-refractivity contribution in [3.05, 3.63) is 23.8 Å². The fourth-order valence-corrected chi connectivity index (χ4v) is 4.49. The zero-order valence-corrected chi connectivity index (χ0v) is 14.6. The summed E-state index contributed by atoms with van der Waals surface area (Å²) in [5, 5.41) is 3.50. The van der Waals surface area contributed by atoms with Gasteiger partial charge < -0.3 is 5.32 Å². The van der Waals surface area contributed by atoms with Gasteiger partial charge in [0, 0.05) is 24.4 Å². The lowest BCUT2D eigenvalue weighted by Gasteiger charge is -2.22. The minimum Gasteiger partial charge on any atom is -0.349 e. The van der Waals surface area contributed by atoms with Crippen LogP contribution in [0.4, 0.5) is 5.13 Å². The molecule has 1 N–H and O–H groups in total. The minimum absolute atomic E-state index is 0.0722. The fraction of sp³-hybridized carbons (Fsp3) is 0.444. The van der Waals surface area contributed by atoms with Crippen molar-refractivity contribution in [2.75, 3.05) is 4.90 Å². The summed E-state index contributed by atoms with van der Waals surface area (Å²) in [4.78, 5) is 41.8. The average Bonchev–Trinajstić information content (AvgIpc) is 3.17. The Kier molecular flexibility index (Phi) is 4.25. The largest absolute Gasteiger partial charge is 0.349 e. The Bertz CT molecular complexity index is 838. The SMILES string of the molecule is O=C(NC1CCCCC1)c1ccc2nc(N3C(=O)CCC3=O)sc2c1. The number of imide groups is 1. The van der Waals surface area contributed by atoms with Gasteiger partial charge in [-0.05, 0) is 31.0 Å². The summed E-state index contributed by atoms with van der Waals surface area (Å²) < 4.78 is 0.804. The number of anilines is 1. The summed E-state index contributed by atoms with van der Waals surface area (Å²) in [5.41, 5.74) is 1.29. The first kappa shape index (κ1) is 16.2. The summed E-state index contributed by atoms with van der Waals surface area (Å²) in [6, 6.07) is 5.57. The van der Waals surface area contributed by atoms with E-state index in [2.05, 4.69) is 10.3 Å². The Balaban J connectivity index is 1.56. The van der Waals surface area contributed by atoms with E-state index in [-0.39, 0.29) is 36.6 Å². The number of thiazole rings is 1. The van der Waals surface area contributed by atoms with Crippen molar-refractivity contribution < 1.29 is 14.4 Å². The number of benzene rings is 1. The third-order valence-corrected chi connectivity index (χ3v) is 5.83. The van der Waals surface area contributed by atoms with Gasteiger partial charge in [0.2, 0.25) is 11.8 Å². The van der Waals surface area contributed by atoms with Crippen molar-refractivity contribution in [1.29, 1.82) is 0 Å². The van der Waals surface area contributed by atoms with Crippen LogP contribution < -0.4 is 10.2 Å². The predicted octanol–water partition coefficient (Wildman–Crippen LogP) is 3.01. The van der Waals surface area contributed by atoms with Gasteiger partial charge in [0.15, 0.2) is 5.13 Å². The molecule has 1 aliphatic heterocycles. The van der Waals surface area contributed by atoms with Crippen LogP contribution in [0.1, 0.15) is 55.3 Å². The van der Waals surface area contributed by atoms with Crippen LogP contribution in [-0.4, -0.2) is 28.7 Å². The van der Waals surface area contributed by atoms with E-state index in [0.717, 1.165) is 22.4 Å². The van der Waals surface area contributed by atoms with Crippen LogP contribution in [0.2, 0.25) is 0 Å². The van der Waals surface area contributed by atoms with E-state index < -0.39 is 0 Å². The molecule has 2 heterocycles. The molecule has 2 aliphatic rings. The molecule has 0 spiro atoms. The molecular weight excluding hydrogens is 338 g/mol. The Morgan fingerprint density at radius 2 is 1.84 bits per heavy atom. The molecule has 2 aromatic rings. The number of carbonyl (C=O) groups excluding carboxylic acids is 3. The standard InChI is InChI=1S/C18H19N3O3S/c22-15-8-9-16(23)21(15)18-20-13-7-6-11(10-14(13)25-18)17(24)19-12-4-2-1-3-5-12/h6-7,10,12H,1-5,8-9H2,(H,19,24). The van der Waals surface area contributed by atoms with E-state index in [4.69, 9.17) is 0 Å². The summed E-state index contributed by atoms with van der Waals surface area (Å²) in [6.07, 6.45) is 6.14. The molecule has 0 unspecified atom stereocenters. The van der Waals surface area contributed by atoms with Crippen molar-refractivity contribution in [2.24, 2.45) is 0 Å². The number of aromatic nitrogens is 1. The Labute approximate surface area is 149 Å². The van der Waals surface area contributed by atoms with E-state index in [0.29, 0.717) is 16.2 Å². The van der Waals surface area contributed by atoms with E-state index >= 15 is 0 Å². The number of carbonyl (C=O) groups is 3. The first-order valence-corrected chi connectivity index (χ1v) is 9.51. The van der Waals surface area contributed by atoms with Gasteiger partial charge in [-0.25, -0.2) is 9.88 Å². The molecular formula is C18H19N3O3S. The van der Waals surface area contributed by atoms with E-state index in [1.807, 2.05) is 0 Å². The van der Waals surface area contributed by atoms with Gasteiger partial charge in [0.1, 0.15) is 0 Å². The van der Waals surface area contributed by atoms with E-state index in [1.54, 1.807) is 18.2 Å². The molecule has 2 fully saturated rings. The molecule has 130 valence electrons. The number of hydrogen-bond acceptors (Lipinski definition) is 5. The van der Waals surface area contributed by atoms with Gasteiger partial charge in [-0.2, -0.15) is 0 Å². The van der Waals surface area contributed by atoms with Gasteiger partial charge in [-0.15, -0.1) is 0 Å². The second kappa shape index (κ2) is 6.55. The van der Waals surface area contributed by atoms with Gasteiger partial charge >= 0.3 is 0 Å². The van der Waals surface area contributed by atoms with Crippen LogP contribution in [-0.2, 0) is 9.59 Å². The van der Waals surface area contributed by atoms with Crippen molar-refractivity contribution in [2.45, 2.75) is 51.0 Å². The highest BCUT2D eigenvalue weighted by Crippen LogP contribution is 2.32. The molecule has 0 radical (unpaired) electrons. The molecule has 7 heteroatoms. The number of nitrogens with one attached hydrogen (secondary N) is 1. The Morgan fingerprint density at radius 1 is 1.12 bits per heavy atom. The maximum absolute atomic E-state index is 12.5. The lowest BCUT2D eigenvalue weighted by Crippen LogP contribution is -2.36. The summed E-state index contributed by atoms with van der Waals surface area (Å²) in [7, 11) is 0. The average molecular weight is 357 g/mol. The normalized spacial score (nSPS) is 19.0. The number of fused-ring (bicyclic) bond motifs is 1. The number of amides is 3. The van der Waals surface area contributed by atoms with Crippen molar-refractivity contribution in [1.82, 2.24) is 10.3 Å². The lowest BCUT2D eigenvalue weighted by atomic mass is 9.95. The fourth-order valence-electron chi connectivity index (χ4n) is 3.45. The highest BCUT2D eigenvalue weighted by molar-refractivity contribution is 7.22. The Morgan fingerprint density at radius 3 is 2.56 bits per heavy atom. The third kappa shape index (κ3) is 3.16. The first-order chi connectivity index (χ1) is 12.1. The van der Waals surface area contributed by atoms with Crippen LogP contribution in [0.15, 0.2) is 18.2 Å². The first-order valence-electron chi connectivity index (χ1n) is 8.69. The van der Waals surface area contributed by atoms with E-state index in [1.165, 1.54) is 30.6 Å². The molecule has 3 amide bonds. The molecule has 1 aromatic heterocycles. The van der Waals surface area contributed by atoms with Crippen LogP contribution in [0.25, 0.3) is 10.2 Å². The summed E-state index contributed by atoms with van der Waals surface area (Å²) >= 11 is 1.27. The number of rotatable bonds is 3. The molecule has 6 nitrogen and oxygen atoms in total. The zero-order valence-electron chi connectivity index (χ0n) is 13.8. The van der Waals surface area contributed by atoms with Crippen LogP contribution in [0.3, 0.4) is 0 Å². The molecule has 1 saturated heterocycles. The van der Waals surface area contributed by atoms with Crippen LogP contribution >= 0.6 is 11.3 Å². The Hall–Kier alpha value is -2.28. The molecule has 25 heavy (non-hydrogen) atoms. The maximum Gasteiger partial charge on any atom is 0.251 e. The quantitative estimate of drug-likeness (QED) is 0.857. The second-order valence-electron chi connectivity index (χ2n) is 6.61.